The number of carbonyl (C=O) groups excluding carboxylic acids is 1. The van der Waals surface area contributed by atoms with E-state index in [9.17, 15) is 4.79 Å². The van der Waals surface area contributed by atoms with Crippen molar-refractivity contribution in [3.63, 3.8) is 0 Å². The van der Waals surface area contributed by atoms with Crippen molar-refractivity contribution in [1.82, 2.24) is 4.90 Å². The maximum Gasteiger partial charge on any atom is 0.241 e. The summed E-state index contributed by atoms with van der Waals surface area (Å²) < 4.78 is 0. The van der Waals surface area contributed by atoms with E-state index in [0.29, 0.717) is 0 Å². The topological polar surface area (TPSA) is 35.6 Å². The molecule has 1 amide bonds. The molecule has 0 spiro atoms. The Labute approximate surface area is 166 Å². The molecule has 27 heavy (non-hydrogen) atoms. The van der Waals surface area contributed by atoms with E-state index < -0.39 is 0 Å². The van der Waals surface area contributed by atoms with Crippen molar-refractivity contribution < 1.29 is 4.79 Å². The monoisotopic (exact) mass is 383 g/mol. The largest absolute Gasteiger partial charge is 0.367 e. The molecule has 0 aliphatic carbocycles. The Morgan fingerprint density at radius 2 is 2.04 bits per heavy atom. The Morgan fingerprint density at radius 3 is 2.85 bits per heavy atom. The molecule has 1 saturated heterocycles. The number of hydrogen-bond donors (Lipinski definition) is 1. The van der Waals surface area contributed by atoms with E-state index >= 15 is 0 Å². The summed E-state index contributed by atoms with van der Waals surface area (Å²) in [4.78, 5) is 19.1. The van der Waals surface area contributed by atoms with Gasteiger partial charge in [-0.25, -0.2) is 0 Å². The van der Waals surface area contributed by atoms with Gasteiger partial charge >= 0.3 is 0 Å². The first-order chi connectivity index (χ1) is 13.2. The van der Waals surface area contributed by atoms with Crippen molar-refractivity contribution in [2.75, 3.05) is 29.9 Å². The molecule has 5 heteroatoms. The molecular weight excluding hydrogens is 354 g/mol. The molecule has 1 fully saturated rings. The summed E-state index contributed by atoms with van der Waals surface area (Å²) in [5.74, 6) is 0.150. The van der Waals surface area contributed by atoms with Gasteiger partial charge in [-0.15, -0.1) is 11.3 Å². The molecule has 4 rings (SSSR count). The highest BCUT2D eigenvalue weighted by Crippen LogP contribution is 2.28. The van der Waals surface area contributed by atoms with E-state index in [1.807, 2.05) is 23.5 Å². The number of anilines is 2. The Bertz CT molecular complexity index is 768. The molecule has 0 bridgehead atoms. The van der Waals surface area contributed by atoms with Gasteiger partial charge in [0.2, 0.25) is 5.91 Å². The second-order valence-electron chi connectivity index (χ2n) is 7.62. The Hall–Kier alpha value is -1.85. The van der Waals surface area contributed by atoms with Gasteiger partial charge in [-0.3, -0.25) is 9.69 Å². The molecule has 0 radical (unpaired) electrons. The van der Waals surface area contributed by atoms with Crippen LogP contribution in [0.25, 0.3) is 0 Å². The third-order valence-corrected chi connectivity index (χ3v) is 6.76. The number of thiophene rings is 1. The molecule has 2 aliphatic rings. The molecular formula is C22H29N3OS. The summed E-state index contributed by atoms with van der Waals surface area (Å²) in [6.45, 7) is 6.29. The van der Waals surface area contributed by atoms with Crippen LogP contribution in [-0.2, 0) is 17.8 Å². The molecule has 1 N–H and O–H groups in total. The van der Waals surface area contributed by atoms with Crippen LogP contribution in [0, 0.1) is 0 Å². The number of hydrogen-bond acceptors (Lipinski definition) is 4. The fraction of sp³-hybridized carbons (Fsp3) is 0.500. The van der Waals surface area contributed by atoms with Gasteiger partial charge in [0.15, 0.2) is 0 Å². The van der Waals surface area contributed by atoms with Crippen molar-refractivity contribution in [3.8, 4) is 0 Å². The highest BCUT2D eigenvalue weighted by molar-refractivity contribution is 7.10. The van der Waals surface area contributed by atoms with E-state index in [0.717, 1.165) is 57.5 Å². The molecule has 1 atom stereocenters. The fourth-order valence-electron chi connectivity index (χ4n) is 4.29. The second-order valence-corrected chi connectivity index (χ2v) is 8.62. The van der Waals surface area contributed by atoms with Crippen molar-refractivity contribution in [2.24, 2.45) is 0 Å². The summed E-state index contributed by atoms with van der Waals surface area (Å²) in [5, 5.41) is 5.34. The summed E-state index contributed by atoms with van der Waals surface area (Å²) in [5.41, 5.74) is 3.59. The van der Waals surface area contributed by atoms with Crippen LogP contribution in [0.3, 0.4) is 0 Å². The smallest absolute Gasteiger partial charge is 0.241 e. The Kier molecular flexibility index (Phi) is 5.79. The summed E-state index contributed by atoms with van der Waals surface area (Å²) in [6.07, 6.45) is 5.55. The molecule has 144 valence electrons. The lowest BCUT2D eigenvalue weighted by Gasteiger charge is -2.34. The van der Waals surface area contributed by atoms with Gasteiger partial charge in [0, 0.05) is 29.3 Å². The number of benzene rings is 1. The average Bonchev–Trinajstić information content (AvgIpc) is 3.17. The minimum absolute atomic E-state index is 0.0254. The van der Waals surface area contributed by atoms with E-state index in [1.165, 1.54) is 22.5 Å². The molecule has 3 heterocycles. The highest BCUT2D eigenvalue weighted by Gasteiger charge is 2.28. The van der Waals surface area contributed by atoms with Crippen molar-refractivity contribution in [1.29, 1.82) is 0 Å². The zero-order valence-corrected chi connectivity index (χ0v) is 16.9. The third-order valence-electron chi connectivity index (χ3n) is 5.73. The first kappa shape index (κ1) is 18.5. The first-order valence-electron chi connectivity index (χ1n) is 10.2. The number of amides is 1. The molecule has 2 aliphatic heterocycles. The molecule has 2 aromatic rings. The molecule has 0 saturated carbocycles. The minimum atomic E-state index is 0.0254. The molecule has 1 aromatic carbocycles. The lowest BCUT2D eigenvalue weighted by atomic mass is 10.0. The third kappa shape index (κ3) is 4.19. The average molecular weight is 384 g/mol. The zero-order chi connectivity index (χ0) is 18.6. The minimum Gasteiger partial charge on any atom is -0.367 e. The van der Waals surface area contributed by atoms with Crippen LogP contribution in [0.2, 0.25) is 0 Å². The summed E-state index contributed by atoms with van der Waals surface area (Å²) >= 11 is 1.87. The van der Waals surface area contributed by atoms with Gasteiger partial charge in [-0.2, -0.15) is 0 Å². The van der Waals surface area contributed by atoms with Gasteiger partial charge in [0.05, 0.1) is 6.04 Å². The molecule has 4 nitrogen and oxygen atoms in total. The number of likely N-dealkylation sites (tertiary alicyclic amines) is 1. The second kappa shape index (κ2) is 8.44. The SMILES string of the molecule is CCCN1CCCCC1C(=O)Nc1ccc(N2CCc3sccc3C2)cc1. The quantitative estimate of drug-likeness (QED) is 0.825. The fourth-order valence-corrected chi connectivity index (χ4v) is 5.18. The summed E-state index contributed by atoms with van der Waals surface area (Å²) in [6, 6.07) is 10.6. The van der Waals surface area contributed by atoms with Crippen LogP contribution in [0.15, 0.2) is 35.7 Å². The van der Waals surface area contributed by atoms with Crippen LogP contribution in [0.4, 0.5) is 11.4 Å². The van der Waals surface area contributed by atoms with Crippen LogP contribution >= 0.6 is 11.3 Å². The van der Waals surface area contributed by atoms with E-state index in [2.05, 4.69) is 45.6 Å². The van der Waals surface area contributed by atoms with Gasteiger partial charge < -0.3 is 10.2 Å². The number of carbonyl (C=O) groups is 1. The number of nitrogens with one attached hydrogen (secondary N) is 1. The van der Waals surface area contributed by atoms with Crippen molar-refractivity contribution >= 4 is 28.6 Å². The van der Waals surface area contributed by atoms with Crippen LogP contribution in [0.5, 0.6) is 0 Å². The maximum absolute atomic E-state index is 12.8. The number of piperidine rings is 1. The Morgan fingerprint density at radius 1 is 1.19 bits per heavy atom. The van der Waals surface area contributed by atoms with Crippen molar-refractivity contribution in [2.45, 2.75) is 51.6 Å². The lowest BCUT2D eigenvalue weighted by molar-refractivity contribution is -0.122. The normalized spacial score (nSPS) is 20.3. The standard InChI is InChI=1S/C22H29N3OS/c1-2-12-24-13-4-3-5-20(24)22(26)23-18-6-8-19(9-7-18)25-14-10-21-17(16-25)11-15-27-21/h6-9,11,15,20H,2-5,10,12-14,16H2,1H3,(H,23,26). The zero-order valence-electron chi connectivity index (χ0n) is 16.1. The summed E-state index contributed by atoms with van der Waals surface area (Å²) in [7, 11) is 0. The lowest BCUT2D eigenvalue weighted by Crippen LogP contribution is -2.47. The Balaban J connectivity index is 1.38. The van der Waals surface area contributed by atoms with Crippen LogP contribution in [0.1, 0.15) is 43.0 Å². The predicted molar refractivity (Wildman–Crippen MR) is 114 cm³/mol. The van der Waals surface area contributed by atoms with E-state index in [1.54, 1.807) is 0 Å². The molecule has 1 unspecified atom stereocenters. The van der Waals surface area contributed by atoms with Gasteiger partial charge in [-0.1, -0.05) is 13.3 Å². The number of fused-ring (bicyclic) bond motifs is 1. The highest BCUT2D eigenvalue weighted by atomic mass is 32.1. The van der Waals surface area contributed by atoms with E-state index in [4.69, 9.17) is 0 Å². The van der Waals surface area contributed by atoms with Crippen LogP contribution in [-0.4, -0.2) is 36.5 Å². The van der Waals surface area contributed by atoms with Gasteiger partial charge in [0.1, 0.15) is 0 Å². The van der Waals surface area contributed by atoms with E-state index in [-0.39, 0.29) is 11.9 Å². The first-order valence-corrected chi connectivity index (χ1v) is 11.1. The van der Waals surface area contributed by atoms with Crippen molar-refractivity contribution in [3.05, 3.63) is 46.2 Å². The number of rotatable bonds is 5. The van der Waals surface area contributed by atoms with Gasteiger partial charge in [0.25, 0.3) is 0 Å². The number of nitrogens with zero attached hydrogens (tertiary/aromatic N) is 2. The van der Waals surface area contributed by atoms with Gasteiger partial charge in [-0.05, 0) is 80.0 Å². The predicted octanol–water partition coefficient (Wildman–Crippen LogP) is 4.51. The van der Waals surface area contributed by atoms with Crippen LogP contribution < -0.4 is 10.2 Å². The maximum atomic E-state index is 12.8. The molecule has 1 aromatic heterocycles.